The highest BCUT2D eigenvalue weighted by Gasteiger charge is 2.09. The summed E-state index contributed by atoms with van der Waals surface area (Å²) in [5, 5.41) is 12.2. The lowest BCUT2D eigenvalue weighted by Crippen LogP contribution is -1.73. The molecule has 0 spiro atoms. The molecule has 3 aromatic rings. The molecule has 2 aromatic carbocycles. The third-order valence-corrected chi connectivity index (χ3v) is 4.60. The van der Waals surface area contributed by atoms with Crippen LogP contribution in [-0.4, -0.2) is 5.11 Å². The number of phenols is 1. The fourth-order valence-electron chi connectivity index (χ4n) is 1.94. The second kappa shape index (κ2) is 3.47. The van der Waals surface area contributed by atoms with Crippen molar-refractivity contribution >= 4 is 47.4 Å². The molecule has 0 bridgehead atoms. The maximum absolute atomic E-state index is 9.69. The summed E-state index contributed by atoms with van der Waals surface area (Å²) in [7, 11) is 0. The van der Waals surface area contributed by atoms with Crippen molar-refractivity contribution < 1.29 is 5.11 Å². The molecule has 0 aliphatic rings. The molecule has 0 fully saturated rings. The van der Waals surface area contributed by atoms with E-state index in [-0.39, 0.29) is 0 Å². The maximum atomic E-state index is 9.69. The molecule has 0 atom stereocenters. The average molecular weight is 293 g/mol. The second-order valence-corrected chi connectivity index (χ2v) is 5.80. The molecule has 1 heterocycles. The minimum absolute atomic E-state index is 0.373. The molecule has 3 rings (SSSR count). The Morgan fingerprint density at radius 1 is 1.12 bits per heavy atom. The molecule has 1 N–H and O–H groups in total. The average Bonchev–Trinajstić information content (AvgIpc) is 2.62. The smallest absolute Gasteiger partial charge is 0.119 e. The number of hydrogen-bond acceptors (Lipinski definition) is 2. The number of halogens is 1. The van der Waals surface area contributed by atoms with Gasteiger partial charge in [-0.2, -0.15) is 0 Å². The fraction of sp³-hybridized carbons (Fsp3) is 0.0769. The topological polar surface area (TPSA) is 20.2 Å². The van der Waals surface area contributed by atoms with Crippen molar-refractivity contribution in [2.45, 2.75) is 6.92 Å². The summed E-state index contributed by atoms with van der Waals surface area (Å²) >= 11 is 5.21. The molecule has 0 aliphatic carbocycles. The molecule has 80 valence electrons. The number of phenolic OH excluding ortho intramolecular Hbond substituents is 1. The molecule has 0 saturated heterocycles. The van der Waals surface area contributed by atoms with Crippen molar-refractivity contribution in [3.8, 4) is 5.75 Å². The second-order valence-electron chi connectivity index (χ2n) is 3.83. The molecule has 0 amide bonds. The zero-order valence-electron chi connectivity index (χ0n) is 8.62. The first-order valence-electron chi connectivity index (χ1n) is 4.97. The Morgan fingerprint density at radius 2 is 1.88 bits per heavy atom. The Kier molecular flexibility index (Phi) is 2.19. The van der Waals surface area contributed by atoms with Crippen LogP contribution in [-0.2, 0) is 0 Å². The van der Waals surface area contributed by atoms with Crippen LogP contribution in [0.3, 0.4) is 0 Å². The summed E-state index contributed by atoms with van der Waals surface area (Å²) in [6.07, 6.45) is 0. The Morgan fingerprint density at radius 3 is 2.69 bits per heavy atom. The summed E-state index contributed by atoms with van der Waals surface area (Å²) in [6.45, 7) is 1.96. The van der Waals surface area contributed by atoms with Gasteiger partial charge in [0.15, 0.2) is 0 Å². The van der Waals surface area contributed by atoms with Crippen molar-refractivity contribution in [1.82, 2.24) is 0 Å². The van der Waals surface area contributed by atoms with Gasteiger partial charge in [0, 0.05) is 30.2 Å². The van der Waals surface area contributed by atoms with Crippen LogP contribution in [0.4, 0.5) is 0 Å². The Bertz CT molecular complexity index is 700. The molecule has 3 heteroatoms. The highest BCUT2D eigenvalue weighted by molar-refractivity contribution is 9.10. The van der Waals surface area contributed by atoms with Gasteiger partial charge < -0.3 is 5.11 Å². The molecule has 0 radical (unpaired) electrons. The predicted octanol–water partition coefficient (Wildman–Crippen LogP) is 4.83. The molecular weight excluding hydrogens is 284 g/mol. The monoisotopic (exact) mass is 292 g/mol. The molecule has 0 unspecified atom stereocenters. The van der Waals surface area contributed by atoms with Crippen molar-refractivity contribution in [1.29, 1.82) is 0 Å². The lowest BCUT2D eigenvalue weighted by Gasteiger charge is -1.98. The van der Waals surface area contributed by atoms with E-state index in [1.807, 2.05) is 13.0 Å². The van der Waals surface area contributed by atoms with Gasteiger partial charge in [-0.25, -0.2) is 0 Å². The molecule has 0 saturated carbocycles. The number of hydrogen-bond donors (Lipinski definition) is 1. The molecular formula is C13H9BrOS. The zero-order valence-corrected chi connectivity index (χ0v) is 11.0. The summed E-state index contributed by atoms with van der Waals surface area (Å²) in [6, 6.07) is 10.1. The van der Waals surface area contributed by atoms with E-state index in [0.29, 0.717) is 5.75 Å². The van der Waals surface area contributed by atoms with Gasteiger partial charge in [-0.3, -0.25) is 0 Å². The molecule has 1 aromatic heterocycles. The van der Waals surface area contributed by atoms with Gasteiger partial charge in [0.25, 0.3) is 0 Å². The Hall–Kier alpha value is -1.06. The van der Waals surface area contributed by atoms with Crippen molar-refractivity contribution in [3.63, 3.8) is 0 Å². The number of rotatable bonds is 0. The normalized spacial score (nSPS) is 11.4. The highest BCUT2D eigenvalue weighted by Crippen LogP contribution is 2.39. The summed E-state index contributed by atoms with van der Waals surface area (Å²) in [5.41, 5.74) is 0.967. The number of aryl methyl sites for hydroxylation is 1. The third-order valence-electron chi connectivity index (χ3n) is 2.82. The van der Waals surface area contributed by atoms with Gasteiger partial charge in [-0.1, -0.05) is 22.0 Å². The van der Waals surface area contributed by atoms with Gasteiger partial charge in [0.2, 0.25) is 0 Å². The number of thiophene rings is 1. The van der Waals surface area contributed by atoms with E-state index in [0.717, 1.165) is 10.0 Å². The van der Waals surface area contributed by atoms with E-state index in [1.54, 1.807) is 17.4 Å². The van der Waals surface area contributed by atoms with Gasteiger partial charge in [0.05, 0.1) is 0 Å². The first-order valence-corrected chi connectivity index (χ1v) is 6.58. The molecule has 1 nitrogen and oxygen atoms in total. The Balaban J connectivity index is 2.55. The van der Waals surface area contributed by atoms with Gasteiger partial charge >= 0.3 is 0 Å². The van der Waals surface area contributed by atoms with Gasteiger partial charge in [-0.15, -0.1) is 11.3 Å². The third kappa shape index (κ3) is 1.35. The van der Waals surface area contributed by atoms with Gasteiger partial charge in [-0.05, 0) is 31.2 Å². The quantitative estimate of drug-likeness (QED) is 0.629. The minimum atomic E-state index is 0.373. The van der Waals surface area contributed by atoms with E-state index >= 15 is 0 Å². The SMILES string of the molecule is Cc1c(O)ccc2c1sc1cc(Br)ccc12. The van der Waals surface area contributed by atoms with E-state index in [1.165, 1.54) is 20.2 Å². The lowest BCUT2D eigenvalue weighted by molar-refractivity contribution is 0.472. The molecule has 16 heavy (non-hydrogen) atoms. The zero-order chi connectivity index (χ0) is 11.3. The van der Waals surface area contributed by atoms with Crippen LogP contribution in [0.5, 0.6) is 5.75 Å². The number of fused-ring (bicyclic) bond motifs is 3. The summed E-state index contributed by atoms with van der Waals surface area (Å²) in [5.74, 6) is 0.373. The van der Waals surface area contributed by atoms with Crippen LogP contribution < -0.4 is 0 Å². The van der Waals surface area contributed by atoms with E-state index < -0.39 is 0 Å². The first kappa shape index (κ1) is 10.1. The largest absolute Gasteiger partial charge is 0.508 e. The molecule has 0 aliphatic heterocycles. The van der Waals surface area contributed by atoms with Crippen LogP contribution in [0.1, 0.15) is 5.56 Å². The van der Waals surface area contributed by atoms with Crippen LogP contribution in [0.15, 0.2) is 34.8 Å². The number of benzene rings is 2. The van der Waals surface area contributed by atoms with Crippen LogP contribution in [0.25, 0.3) is 20.2 Å². The van der Waals surface area contributed by atoms with Crippen molar-refractivity contribution in [3.05, 3.63) is 40.4 Å². The van der Waals surface area contributed by atoms with E-state index in [4.69, 9.17) is 0 Å². The highest BCUT2D eigenvalue weighted by atomic mass is 79.9. The summed E-state index contributed by atoms with van der Waals surface area (Å²) < 4.78 is 3.51. The van der Waals surface area contributed by atoms with Crippen molar-refractivity contribution in [2.24, 2.45) is 0 Å². The van der Waals surface area contributed by atoms with E-state index in [2.05, 4.69) is 34.1 Å². The van der Waals surface area contributed by atoms with E-state index in [9.17, 15) is 5.11 Å². The fourth-order valence-corrected chi connectivity index (χ4v) is 3.69. The van der Waals surface area contributed by atoms with Crippen LogP contribution in [0.2, 0.25) is 0 Å². The Labute approximate surface area is 105 Å². The lowest BCUT2D eigenvalue weighted by atomic mass is 10.1. The van der Waals surface area contributed by atoms with Crippen LogP contribution >= 0.6 is 27.3 Å². The van der Waals surface area contributed by atoms with Crippen LogP contribution in [0, 0.1) is 6.92 Å². The summed E-state index contributed by atoms with van der Waals surface area (Å²) in [4.78, 5) is 0. The first-order chi connectivity index (χ1) is 7.66. The maximum Gasteiger partial charge on any atom is 0.119 e. The van der Waals surface area contributed by atoms with Gasteiger partial charge in [0.1, 0.15) is 5.75 Å². The minimum Gasteiger partial charge on any atom is -0.508 e. The predicted molar refractivity (Wildman–Crippen MR) is 73.4 cm³/mol. The standard InChI is InChI=1S/C13H9BrOS/c1-7-11(15)5-4-10-9-3-2-8(14)6-12(9)16-13(7)10/h2-6,15H,1H3. The van der Waals surface area contributed by atoms with Crippen molar-refractivity contribution in [2.75, 3.05) is 0 Å². The number of aromatic hydroxyl groups is 1.